The van der Waals surface area contributed by atoms with E-state index >= 15 is 0 Å². The Hall–Kier alpha value is -3.12. The number of hydrogen-bond acceptors (Lipinski definition) is 8. The van der Waals surface area contributed by atoms with Crippen molar-refractivity contribution in [2.24, 2.45) is 0 Å². The Bertz CT molecular complexity index is 1140. The minimum atomic E-state index is -1.16. The van der Waals surface area contributed by atoms with Gasteiger partial charge in [-0.1, -0.05) is 30.3 Å². The van der Waals surface area contributed by atoms with Gasteiger partial charge in [0.25, 0.3) is 0 Å². The van der Waals surface area contributed by atoms with Crippen LogP contribution in [0.25, 0.3) is 5.65 Å². The van der Waals surface area contributed by atoms with Crippen LogP contribution in [-0.4, -0.2) is 66.6 Å². The summed E-state index contributed by atoms with van der Waals surface area (Å²) in [4.78, 5) is 21.8. The zero-order valence-electron chi connectivity index (χ0n) is 17.5. The fraction of sp³-hybridized carbons (Fsp3) is 0.429. The predicted octanol–water partition coefficient (Wildman–Crippen LogP) is 1.76. The molecule has 1 aromatic carbocycles. The predicted molar refractivity (Wildman–Crippen MR) is 110 cm³/mol. The third kappa shape index (κ3) is 3.48. The van der Waals surface area contributed by atoms with E-state index in [1.54, 1.807) is 20.0 Å². The van der Waals surface area contributed by atoms with Gasteiger partial charge in [-0.25, -0.2) is 19.3 Å². The number of rotatable bonds is 5. The van der Waals surface area contributed by atoms with Crippen molar-refractivity contribution in [1.29, 1.82) is 0 Å². The highest BCUT2D eigenvalue weighted by Crippen LogP contribution is 2.45. The number of carboxylic acid groups (broad SMARTS) is 1. The van der Waals surface area contributed by atoms with Crippen LogP contribution in [0.1, 0.15) is 31.2 Å². The molecule has 0 radical (unpaired) electrons. The molecule has 2 N–H and O–H groups in total. The number of fused-ring (bicyclic) bond motifs is 2. The maximum absolute atomic E-state index is 12.1. The largest absolute Gasteiger partial charge is 0.465 e. The van der Waals surface area contributed by atoms with Gasteiger partial charge in [0.2, 0.25) is 0 Å². The first-order chi connectivity index (χ1) is 15.4. The molecule has 11 nitrogen and oxygen atoms in total. The first-order valence-electron chi connectivity index (χ1n) is 10.2. The highest BCUT2D eigenvalue weighted by molar-refractivity contribution is 5.89. The lowest BCUT2D eigenvalue weighted by molar-refractivity contribution is -0.191. The van der Waals surface area contributed by atoms with E-state index in [4.69, 9.17) is 14.2 Å². The van der Waals surface area contributed by atoms with Crippen molar-refractivity contribution in [1.82, 2.24) is 19.6 Å². The molecular formula is C21H23N5O6. The fourth-order valence-electron chi connectivity index (χ4n) is 4.27. The molecular weight excluding hydrogens is 418 g/mol. The fourth-order valence-corrected chi connectivity index (χ4v) is 4.27. The number of benzene rings is 1. The SMILES string of the molecule is CC1(C)O[C@@H]2[C@H](O1)[C@@H](CO)O[C@H]2c1cnc2c(N(Cc3ccccc3)C(=O)O)ncnn12. The summed E-state index contributed by atoms with van der Waals surface area (Å²) in [7, 11) is 0. The van der Waals surface area contributed by atoms with Crippen LogP contribution in [0, 0.1) is 0 Å². The second-order valence-corrected chi connectivity index (χ2v) is 8.20. The molecule has 4 heterocycles. The van der Waals surface area contributed by atoms with E-state index in [1.165, 1.54) is 10.8 Å². The lowest BCUT2D eigenvalue weighted by atomic mass is 10.1. The summed E-state index contributed by atoms with van der Waals surface area (Å²) in [6, 6.07) is 9.23. The van der Waals surface area contributed by atoms with Gasteiger partial charge in [-0.05, 0) is 19.4 Å². The Labute approximate surface area is 183 Å². The number of ether oxygens (including phenoxy) is 3. The van der Waals surface area contributed by atoms with E-state index in [0.717, 1.165) is 10.5 Å². The molecule has 0 bridgehead atoms. The van der Waals surface area contributed by atoms with Gasteiger partial charge in [0.15, 0.2) is 17.3 Å². The average Bonchev–Trinajstić information content (AvgIpc) is 3.42. The van der Waals surface area contributed by atoms with Crippen LogP contribution in [0.15, 0.2) is 42.9 Å². The van der Waals surface area contributed by atoms with Gasteiger partial charge in [0.05, 0.1) is 25.0 Å². The van der Waals surface area contributed by atoms with Crippen LogP contribution in [0.3, 0.4) is 0 Å². The van der Waals surface area contributed by atoms with Crippen molar-refractivity contribution < 1.29 is 29.2 Å². The minimum Gasteiger partial charge on any atom is -0.465 e. The molecule has 0 aliphatic carbocycles. The molecule has 32 heavy (non-hydrogen) atoms. The number of carbonyl (C=O) groups is 1. The topological polar surface area (TPSA) is 132 Å². The molecule has 2 fully saturated rings. The zero-order chi connectivity index (χ0) is 22.5. The Morgan fingerprint density at radius 2 is 1.94 bits per heavy atom. The molecule has 0 saturated carbocycles. The van der Waals surface area contributed by atoms with Crippen molar-refractivity contribution in [3.63, 3.8) is 0 Å². The van der Waals surface area contributed by atoms with Crippen LogP contribution in [0.5, 0.6) is 0 Å². The van der Waals surface area contributed by atoms with Crippen LogP contribution in [0.2, 0.25) is 0 Å². The van der Waals surface area contributed by atoms with Gasteiger partial charge >= 0.3 is 6.09 Å². The van der Waals surface area contributed by atoms with Crippen molar-refractivity contribution in [2.45, 2.75) is 50.6 Å². The molecule has 2 saturated heterocycles. The van der Waals surface area contributed by atoms with Crippen molar-refractivity contribution >= 4 is 17.6 Å². The zero-order valence-corrected chi connectivity index (χ0v) is 17.5. The lowest BCUT2D eigenvalue weighted by Gasteiger charge is -2.23. The monoisotopic (exact) mass is 441 g/mol. The number of aromatic nitrogens is 4. The molecule has 1 amide bonds. The maximum Gasteiger partial charge on any atom is 0.413 e. The Morgan fingerprint density at radius 1 is 1.19 bits per heavy atom. The summed E-state index contributed by atoms with van der Waals surface area (Å²) in [5.41, 5.74) is 1.64. The minimum absolute atomic E-state index is 0.105. The van der Waals surface area contributed by atoms with Crippen molar-refractivity contribution in [2.75, 3.05) is 11.5 Å². The second kappa shape index (κ2) is 7.78. The van der Waals surface area contributed by atoms with E-state index in [1.807, 2.05) is 30.3 Å². The van der Waals surface area contributed by atoms with Gasteiger partial charge in [0, 0.05) is 0 Å². The standard InChI is InChI=1S/C21H23N5O6/c1-21(2)31-16-14(10-27)30-15(17(16)32-21)13-8-22-19-18(23-11-24-26(13)19)25(20(28)29)9-12-6-4-3-5-7-12/h3-8,11,14-17,27H,9-10H2,1-2H3,(H,28,29)/t14-,15+,16-,17+/m1/s1. The van der Waals surface area contributed by atoms with E-state index in [-0.39, 0.29) is 24.6 Å². The molecule has 11 heteroatoms. The summed E-state index contributed by atoms with van der Waals surface area (Å²) < 4.78 is 19.5. The molecule has 4 atom stereocenters. The van der Waals surface area contributed by atoms with E-state index < -0.39 is 36.3 Å². The van der Waals surface area contributed by atoms with E-state index in [2.05, 4.69) is 15.1 Å². The van der Waals surface area contributed by atoms with Gasteiger partial charge in [-0.15, -0.1) is 0 Å². The number of aliphatic hydroxyl groups is 1. The molecule has 2 aromatic heterocycles. The van der Waals surface area contributed by atoms with Crippen LogP contribution < -0.4 is 4.90 Å². The van der Waals surface area contributed by atoms with Crippen LogP contribution in [0.4, 0.5) is 10.6 Å². The molecule has 0 unspecified atom stereocenters. The molecule has 2 aliphatic rings. The van der Waals surface area contributed by atoms with Gasteiger partial charge in [-0.3, -0.25) is 4.90 Å². The highest BCUT2D eigenvalue weighted by Gasteiger charge is 2.56. The van der Waals surface area contributed by atoms with Gasteiger partial charge in [-0.2, -0.15) is 5.10 Å². The van der Waals surface area contributed by atoms with Crippen LogP contribution >= 0.6 is 0 Å². The van der Waals surface area contributed by atoms with Crippen LogP contribution in [-0.2, 0) is 20.8 Å². The molecule has 5 rings (SSSR count). The normalized spacial score (nSPS) is 26.3. The highest BCUT2D eigenvalue weighted by atomic mass is 16.8. The third-order valence-electron chi connectivity index (χ3n) is 5.60. The quantitative estimate of drug-likeness (QED) is 0.608. The summed E-state index contributed by atoms with van der Waals surface area (Å²) in [5, 5.41) is 23.9. The Morgan fingerprint density at radius 3 is 2.66 bits per heavy atom. The van der Waals surface area contributed by atoms with Gasteiger partial charge in [0.1, 0.15) is 30.7 Å². The van der Waals surface area contributed by atoms with E-state index in [0.29, 0.717) is 5.69 Å². The number of hydrogen-bond donors (Lipinski definition) is 2. The number of amides is 1. The molecule has 2 aliphatic heterocycles. The average molecular weight is 441 g/mol. The van der Waals surface area contributed by atoms with Gasteiger partial charge < -0.3 is 24.4 Å². The summed E-state index contributed by atoms with van der Waals surface area (Å²) in [6.07, 6.45) is -0.407. The first-order valence-corrected chi connectivity index (χ1v) is 10.2. The molecule has 3 aromatic rings. The first kappa shape index (κ1) is 20.8. The number of aliphatic hydroxyl groups excluding tert-OH is 1. The second-order valence-electron chi connectivity index (χ2n) is 8.20. The molecule has 168 valence electrons. The summed E-state index contributed by atoms with van der Waals surface area (Å²) in [5.74, 6) is -0.666. The Kier molecular flexibility index (Phi) is 5.05. The summed E-state index contributed by atoms with van der Waals surface area (Å²) >= 11 is 0. The smallest absolute Gasteiger partial charge is 0.413 e. The summed E-state index contributed by atoms with van der Waals surface area (Å²) in [6.45, 7) is 3.49. The van der Waals surface area contributed by atoms with Crippen molar-refractivity contribution in [3.05, 3.63) is 54.1 Å². The maximum atomic E-state index is 12.1. The third-order valence-corrected chi connectivity index (χ3v) is 5.60. The number of imidazole rings is 1. The molecule has 0 spiro atoms. The van der Waals surface area contributed by atoms with E-state index in [9.17, 15) is 15.0 Å². The van der Waals surface area contributed by atoms with Crippen molar-refractivity contribution in [3.8, 4) is 0 Å². The lowest BCUT2D eigenvalue weighted by Crippen LogP contribution is -2.31. The number of nitrogens with zero attached hydrogens (tertiary/aromatic N) is 5. The number of anilines is 1. The Balaban J connectivity index is 1.52.